The second-order valence-corrected chi connectivity index (χ2v) is 4.29. The van der Waals surface area contributed by atoms with Crippen molar-refractivity contribution < 1.29 is 4.52 Å². The van der Waals surface area contributed by atoms with E-state index in [9.17, 15) is 0 Å². The maximum absolute atomic E-state index is 6.01. The molecule has 2 aliphatic carbocycles. The number of aromatic nitrogens is 1. The monoisotopic (exact) mass is 178 g/mol. The fourth-order valence-corrected chi connectivity index (χ4v) is 1.72. The van der Waals surface area contributed by atoms with Gasteiger partial charge in [0.05, 0.1) is 6.04 Å². The molecule has 0 spiro atoms. The van der Waals surface area contributed by atoms with Crippen LogP contribution in [0.25, 0.3) is 0 Å². The smallest absolute Gasteiger partial charge is 0.140 e. The van der Waals surface area contributed by atoms with E-state index in [0.29, 0.717) is 11.8 Å². The molecule has 0 radical (unpaired) electrons. The molecule has 0 aliphatic heterocycles. The van der Waals surface area contributed by atoms with Gasteiger partial charge in [0, 0.05) is 12.0 Å². The maximum Gasteiger partial charge on any atom is 0.140 e. The molecule has 1 aromatic rings. The van der Waals surface area contributed by atoms with E-state index in [1.54, 1.807) is 0 Å². The third kappa shape index (κ3) is 1.37. The van der Waals surface area contributed by atoms with E-state index in [0.717, 1.165) is 11.5 Å². The number of rotatable bonds is 3. The Morgan fingerprint density at radius 1 is 1.38 bits per heavy atom. The number of nitrogens with two attached hydrogens (primary N) is 1. The lowest BCUT2D eigenvalue weighted by atomic mass is 10.1. The van der Waals surface area contributed by atoms with E-state index in [1.165, 1.54) is 25.7 Å². The summed E-state index contributed by atoms with van der Waals surface area (Å²) in [6.45, 7) is 0. The fourth-order valence-electron chi connectivity index (χ4n) is 1.72. The molecular formula is C10H14N2O. The Kier molecular flexibility index (Phi) is 1.50. The molecule has 0 aromatic carbocycles. The van der Waals surface area contributed by atoms with Crippen molar-refractivity contribution in [2.75, 3.05) is 0 Å². The molecule has 3 heteroatoms. The van der Waals surface area contributed by atoms with Gasteiger partial charge in [-0.15, -0.1) is 0 Å². The van der Waals surface area contributed by atoms with Gasteiger partial charge >= 0.3 is 0 Å². The molecule has 1 heterocycles. The summed E-state index contributed by atoms with van der Waals surface area (Å²) in [5.74, 6) is 2.36. The highest BCUT2D eigenvalue weighted by molar-refractivity contribution is 5.18. The molecule has 0 bridgehead atoms. The van der Waals surface area contributed by atoms with E-state index in [2.05, 4.69) is 11.2 Å². The summed E-state index contributed by atoms with van der Waals surface area (Å²) >= 11 is 0. The second kappa shape index (κ2) is 2.58. The first kappa shape index (κ1) is 7.56. The summed E-state index contributed by atoms with van der Waals surface area (Å²) in [5.41, 5.74) is 6.97. The lowest BCUT2D eigenvalue weighted by Gasteiger charge is -2.03. The Morgan fingerprint density at radius 3 is 2.77 bits per heavy atom. The lowest BCUT2D eigenvalue weighted by molar-refractivity contribution is 0.371. The van der Waals surface area contributed by atoms with Gasteiger partial charge in [-0.2, -0.15) is 0 Å². The van der Waals surface area contributed by atoms with Crippen molar-refractivity contribution in [3.63, 3.8) is 0 Å². The van der Waals surface area contributed by atoms with E-state index in [4.69, 9.17) is 10.3 Å². The number of hydrogen-bond acceptors (Lipinski definition) is 3. The Balaban J connectivity index is 1.79. The molecule has 2 fully saturated rings. The Bertz CT molecular complexity index is 312. The highest BCUT2D eigenvalue weighted by atomic mass is 16.5. The minimum Gasteiger partial charge on any atom is -0.361 e. The first-order valence-corrected chi connectivity index (χ1v) is 5.06. The number of nitrogens with zero attached hydrogens (tertiary/aromatic N) is 1. The van der Waals surface area contributed by atoms with Crippen LogP contribution in [0.2, 0.25) is 0 Å². The van der Waals surface area contributed by atoms with Gasteiger partial charge in [-0.3, -0.25) is 0 Å². The Hall–Kier alpha value is -0.830. The van der Waals surface area contributed by atoms with Gasteiger partial charge in [0.25, 0.3) is 0 Å². The Labute approximate surface area is 77.3 Å². The van der Waals surface area contributed by atoms with Crippen LogP contribution in [0, 0.1) is 5.92 Å². The predicted octanol–water partition coefficient (Wildman–Crippen LogP) is 1.96. The first-order chi connectivity index (χ1) is 6.34. The van der Waals surface area contributed by atoms with Crippen LogP contribution in [0.15, 0.2) is 10.6 Å². The summed E-state index contributed by atoms with van der Waals surface area (Å²) in [6.07, 6.45) is 5.03. The van der Waals surface area contributed by atoms with E-state index >= 15 is 0 Å². The molecule has 0 amide bonds. The van der Waals surface area contributed by atoms with Gasteiger partial charge in [0.1, 0.15) is 11.5 Å². The first-order valence-electron chi connectivity index (χ1n) is 5.06. The van der Waals surface area contributed by atoms with Gasteiger partial charge in [0.2, 0.25) is 0 Å². The zero-order valence-electron chi connectivity index (χ0n) is 7.57. The highest BCUT2D eigenvalue weighted by Crippen LogP contribution is 2.43. The molecular weight excluding hydrogens is 164 g/mol. The topological polar surface area (TPSA) is 52.0 Å². The van der Waals surface area contributed by atoms with E-state index in [-0.39, 0.29) is 6.04 Å². The van der Waals surface area contributed by atoms with Crippen molar-refractivity contribution in [1.29, 1.82) is 0 Å². The van der Waals surface area contributed by atoms with Crippen molar-refractivity contribution in [3.05, 3.63) is 17.5 Å². The van der Waals surface area contributed by atoms with Crippen LogP contribution >= 0.6 is 0 Å². The van der Waals surface area contributed by atoms with Crippen LogP contribution < -0.4 is 5.73 Å². The molecule has 13 heavy (non-hydrogen) atoms. The summed E-state index contributed by atoms with van der Waals surface area (Å²) in [6, 6.07) is 2.18. The minimum absolute atomic E-state index is 0.122. The van der Waals surface area contributed by atoms with Crippen LogP contribution in [-0.2, 0) is 0 Å². The molecule has 0 saturated heterocycles. The summed E-state index contributed by atoms with van der Waals surface area (Å²) < 4.78 is 5.26. The van der Waals surface area contributed by atoms with Gasteiger partial charge < -0.3 is 10.3 Å². The third-order valence-corrected chi connectivity index (χ3v) is 3.00. The largest absolute Gasteiger partial charge is 0.361 e. The Morgan fingerprint density at radius 2 is 2.15 bits per heavy atom. The average Bonchev–Trinajstić information content (AvgIpc) is 3.02. The average molecular weight is 178 g/mol. The van der Waals surface area contributed by atoms with E-state index < -0.39 is 0 Å². The molecule has 3 nitrogen and oxygen atoms in total. The molecule has 2 N–H and O–H groups in total. The normalized spacial score (nSPS) is 24.7. The van der Waals surface area contributed by atoms with Gasteiger partial charge in [-0.1, -0.05) is 5.16 Å². The molecule has 1 aromatic heterocycles. The molecule has 1 atom stereocenters. The highest BCUT2D eigenvalue weighted by Gasteiger charge is 2.33. The standard InChI is InChI=1S/C10H14N2O/c11-10(7-3-4-7)8-5-9(13-12-8)6-1-2-6/h5-7,10H,1-4,11H2. The van der Waals surface area contributed by atoms with Crippen LogP contribution in [0.3, 0.4) is 0 Å². The van der Waals surface area contributed by atoms with Crippen LogP contribution in [0.5, 0.6) is 0 Å². The number of hydrogen-bond donors (Lipinski definition) is 1. The van der Waals surface area contributed by atoms with Gasteiger partial charge in [-0.25, -0.2) is 0 Å². The van der Waals surface area contributed by atoms with Crippen LogP contribution in [-0.4, -0.2) is 5.16 Å². The van der Waals surface area contributed by atoms with Crippen molar-refractivity contribution in [2.45, 2.75) is 37.6 Å². The zero-order chi connectivity index (χ0) is 8.84. The summed E-state index contributed by atoms with van der Waals surface area (Å²) in [4.78, 5) is 0. The fraction of sp³-hybridized carbons (Fsp3) is 0.700. The third-order valence-electron chi connectivity index (χ3n) is 3.00. The summed E-state index contributed by atoms with van der Waals surface area (Å²) in [5, 5.41) is 4.04. The SMILES string of the molecule is NC(c1cc(C2CC2)on1)C1CC1. The molecule has 3 rings (SSSR count). The van der Waals surface area contributed by atoms with Crippen LogP contribution in [0.1, 0.15) is 49.1 Å². The van der Waals surface area contributed by atoms with Crippen molar-refractivity contribution in [1.82, 2.24) is 5.16 Å². The molecule has 70 valence electrons. The van der Waals surface area contributed by atoms with Crippen molar-refractivity contribution in [2.24, 2.45) is 11.7 Å². The van der Waals surface area contributed by atoms with Crippen LogP contribution in [0.4, 0.5) is 0 Å². The second-order valence-electron chi connectivity index (χ2n) is 4.29. The predicted molar refractivity (Wildman–Crippen MR) is 48.1 cm³/mol. The molecule has 1 unspecified atom stereocenters. The van der Waals surface area contributed by atoms with E-state index in [1.807, 2.05) is 0 Å². The summed E-state index contributed by atoms with van der Waals surface area (Å²) in [7, 11) is 0. The van der Waals surface area contributed by atoms with Gasteiger partial charge in [-0.05, 0) is 31.6 Å². The molecule has 2 aliphatic rings. The van der Waals surface area contributed by atoms with Crippen molar-refractivity contribution >= 4 is 0 Å². The zero-order valence-corrected chi connectivity index (χ0v) is 7.57. The quantitative estimate of drug-likeness (QED) is 0.769. The maximum atomic E-state index is 6.01. The van der Waals surface area contributed by atoms with Gasteiger partial charge in [0.15, 0.2) is 0 Å². The lowest BCUT2D eigenvalue weighted by Crippen LogP contribution is -2.12. The molecule has 2 saturated carbocycles. The van der Waals surface area contributed by atoms with Crippen molar-refractivity contribution in [3.8, 4) is 0 Å². The minimum atomic E-state index is 0.122.